The second-order valence-corrected chi connectivity index (χ2v) is 5.17. The summed E-state index contributed by atoms with van der Waals surface area (Å²) in [5.74, 6) is 0. The molecule has 0 atom stereocenters. The summed E-state index contributed by atoms with van der Waals surface area (Å²) in [6.07, 6.45) is 5.94. The van der Waals surface area contributed by atoms with Gasteiger partial charge in [-0.1, -0.05) is 25.1 Å². The van der Waals surface area contributed by atoms with Crippen molar-refractivity contribution in [2.75, 3.05) is 26.8 Å². The number of hydrogen-bond acceptors (Lipinski definition) is 2. The van der Waals surface area contributed by atoms with E-state index in [1.54, 1.807) is 7.11 Å². The molecule has 0 fully saturated rings. The number of benzene rings is 1. The molecule has 3 nitrogen and oxygen atoms in total. The number of rotatable bonds is 9. The number of fused-ring (bicyclic) bond motifs is 1. The molecule has 1 aromatic carbocycles. The van der Waals surface area contributed by atoms with Crippen molar-refractivity contribution >= 4 is 10.9 Å². The van der Waals surface area contributed by atoms with Gasteiger partial charge in [-0.15, -0.1) is 0 Å². The Balaban J connectivity index is 2.04. The van der Waals surface area contributed by atoms with Crippen LogP contribution in [0.15, 0.2) is 30.5 Å². The number of nitrogens with zero attached hydrogens (tertiary/aromatic N) is 1. The molecule has 1 aromatic heterocycles. The first-order chi connectivity index (χ1) is 9.86. The Morgan fingerprint density at radius 3 is 2.85 bits per heavy atom. The predicted octanol–water partition coefficient (Wildman–Crippen LogP) is 3.22. The van der Waals surface area contributed by atoms with Crippen LogP contribution >= 0.6 is 0 Å². The van der Waals surface area contributed by atoms with E-state index < -0.39 is 0 Å². The van der Waals surface area contributed by atoms with Crippen LogP contribution in [0, 0.1) is 0 Å². The average molecular weight is 274 g/mol. The summed E-state index contributed by atoms with van der Waals surface area (Å²) in [6, 6.07) is 8.68. The summed E-state index contributed by atoms with van der Waals surface area (Å²) in [4.78, 5) is 0. The second kappa shape index (κ2) is 8.08. The molecular formula is C17H26N2O. The highest BCUT2D eigenvalue weighted by Gasteiger charge is 2.07. The Bertz CT molecular complexity index is 519. The molecule has 3 heteroatoms. The molecule has 0 aliphatic heterocycles. The van der Waals surface area contributed by atoms with Gasteiger partial charge in [0.2, 0.25) is 0 Å². The van der Waals surface area contributed by atoms with Gasteiger partial charge in [-0.05, 0) is 44.0 Å². The van der Waals surface area contributed by atoms with Gasteiger partial charge in [-0.2, -0.15) is 0 Å². The molecule has 0 spiro atoms. The van der Waals surface area contributed by atoms with E-state index in [4.69, 9.17) is 4.74 Å². The number of unbranched alkanes of at least 4 members (excludes halogenated alkanes) is 1. The summed E-state index contributed by atoms with van der Waals surface area (Å²) in [5.41, 5.74) is 2.79. The van der Waals surface area contributed by atoms with Gasteiger partial charge >= 0.3 is 0 Å². The van der Waals surface area contributed by atoms with Crippen LogP contribution < -0.4 is 5.32 Å². The topological polar surface area (TPSA) is 26.2 Å². The molecule has 0 bridgehead atoms. The maximum absolute atomic E-state index is 5.20. The molecule has 1 heterocycles. The third-order valence-electron chi connectivity index (χ3n) is 3.71. The van der Waals surface area contributed by atoms with Crippen molar-refractivity contribution in [2.24, 2.45) is 0 Å². The molecule has 0 amide bonds. The minimum Gasteiger partial charge on any atom is -0.383 e. The van der Waals surface area contributed by atoms with Crippen molar-refractivity contribution in [1.82, 2.24) is 9.88 Å². The number of ether oxygens (including phenoxy) is 1. The fourth-order valence-electron chi connectivity index (χ4n) is 2.64. The Labute approximate surface area is 121 Å². The molecule has 0 saturated carbocycles. The quantitative estimate of drug-likeness (QED) is 0.711. The number of nitrogens with one attached hydrogen (secondary N) is 1. The van der Waals surface area contributed by atoms with E-state index in [1.807, 2.05) is 0 Å². The zero-order valence-electron chi connectivity index (χ0n) is 12.7. The van der Waals surface area contributed by atoms with Crippen LogP contribution in [-0.2, 0) is 17.7 Å². The SMILES string of the molecule is CCNCCCCc1cn(CCOC)c2ccccc12. The summed E-state index contributed by atoms with van der Waals surface area (Å²) < 4.78 is 7.52. The Kier molecular flexibility index (Phi) is 6.09. The van der Waals surface area contributed by atoms with Gasteiger partial charge < -0.3 is 14.6 Å². The number of hydrogen-bond donors (Lipinski definition) is 1. The first-order valence-corrected chi connectivity index (χ1v) is 7.63. The number of methoxy groups -OCH3 is 1. The van der Waals surface area contributed by atoms with Crippen LogP contribution in [0.1, 0.15) is 25.3 Å². The highest BCUT2D eigenvalue weighted by molar-refractivity contribution is 5.83. The third kappa shape index (κ3) is 3.84. The van der Waals surface area contributed by atoms with Crippen molar-refractivity contribution in [3.63, 3.8) is 0 Å². The van der Waals surface area contributed by atoms with Crippen LogP contribution in [0.25, 0.3) is 10.9 Å². The summed E-state index contributed by atoms with van der Waals surface area (Å²) in [5, 5.41) is 4.78. The van der Waals surface area contributed by atoms with Gasteiger partial charge in [0.1, 0.15) is 0 Å². The largest absolute Gasteiger partial charge is 0.383 e. The highest BCUT2D eigenvalue weighted by Crippen LogP contribution is 2.22. The van der Waals surface area contributed by atoms with Crippen molar-refractivity contribution in [3.05, 3.63) is 36.0 Å². The summed E-state index contributed by atoms with van der Waals surface area (Å²) in [7, 11) is 1.76. The molecule has 1 N–H and O–H groups in total. The minimum atomic E-state index is 0.762. The van der Waals surface area contributed by atoms with Gasteiger partial charge in [0, 0.05) is 30.8 Å². The van der Waals surface area contributed by atoms with Crippen molar-refractivity contribution in [3.8, 4) is 0 Å². The van der Waals surface area contributed by atoms with E-state index in [9.17, 15) is 0 Å². The number of aromatic nitrogens is 1. The molecule has 0 radical (unpaired) electrons. The molecule has 0 aliphatic carbocycles. The van der Waals surface area contributed by atoms with Crippen molar-refractivity contribution in [1.29, 1.82) is 0 Å². The lowest BCUT2D eigenvalue weighted by Gasteiger charge is -2.03. The first-order valence-electron chi connectivity index (χ1n) is 7.63. The van der Waals surface area contributed by atoms with Crippen molar-refractivity contribution in [2.45, 2.75) is 32.7 Å². The van der Waals surface area contributed by atoms with E-state index in [2.05, 4.69) is 47.3 Å². The van der Waals surface area contributed by atoms with Crippen LogP contribution in [0.4, 0.5) is 0 Å². The summed E-state index contributed by atoms with van der Waals surface area (Å²) in [6.45, 7) is 6.03. The van der Waals surface area contributed by atoms with Gasteiger partial charge in [-0.25, -0.2) is 0 Å². The van der Waals surface area contributed by atoms with E-state index in [1.165, 1.54) is 29.3 Å². The number of para-hydroxylation sites is 1. The van der Waals surface area contributed by atoms with Gasteiger partial charge in [0.25, 0.3) is 0 Å². The highest BCUT2D eigenvalue weighted by atomic mass is 16.5. The minimum absolute atomic E-state index is 0.762. The monoisotopic (exact) mass is 274 g/mol. The predicted molar refractivity (Wildman–Crippen MR) is 85.3 cm³/mol. The van der Waals surface area contributed by atoms with Crippen LogP contribution in [0.3, 0.4) is 0 Å². The van der Waals surface area contributed by atoms with Gasteiger partial charge in [-0.3, -0.25) is 0 Å². The Morgan fingerprint density at radius 1 is 1.20 bits per heavy atom. The molecular weight excluding hydrogens is 248 g/mol. The molecule has 2 aromatic rings. The summed E-state index contributed by atoms with van der Waals surface area (Å²) >= 11 is 0. The maximum atomic E-state index is 5.20. The second-order valence-electron chi connectivity index (χ2n) is 5.17. The third-order valence-corrected chi connectivity index (χ3v) is 3.71. The zero-order chi connectivity index (χ0) is 14.2. The first kappa shape index (κ1) is 15.1. The molecule has 110 valence electrons. The van der Waals surface area contributed by atoms with Gasteiger partial charge in [0.05, 0.1) is 6.61 Å². The average Bonchev–Trinajstić information content (AvgIpc) is 2.83. The van der Waals surface area contributed by atoms with Crippen LogP contribution in [0.2, 0.25) is 0 Å². The molecule has 0 saturated heterocycles. The molecule has 2 rings (SSSR count). The lowest BCUT2D eigenvalue weighted by molar-refractivity contribution is 0.188. The smallest absolute Gasteiger partial charge is 0.0641 e. The van der Waals surface area contributed by atoms with Crippen LogP contribution in [0.5, 0.6) is 0 Å². The van der Waals surface area contributed by atoms with Gasteiger partial charge in [0.15, 0.2) is 0 Å². The van der Waals surface area contributed by atoms with E-state index in [0.29, 0.717) is 0 Å². The molecule has 0 unspecified atom stereocenters. The lowest BCUT2D eigenvalue weighted by atomic mass is 10.1. The Morgan fingerprint density at radius 2 is 2.05 bits per heavy atom. The van der Waals surface area contributed by atoms with Crippen molar-refractivity contribution < 1.29 is 4.74 Å². The normalized spacial score (nSPS) is 11.3. The fourth-order valence-corrected chi connectivity index (χ4v) is 2.64. The van der Waals surface area contributed by atoms with E-state index >= 15 is 0 Å². The maximum Gasteiger partial charge on any atom is 0.0641 e. The fraction of sp³-hybridized carbons (Fsp3) is 0.529. The molecule has 0 aliphatic rings. The standard InChI is InChI=1S/C17H26N2O/c1-3-18-11-7-6-8-15-14-19(12-13-20-2)17-10-5-4-9-16(15)17/h4-5,9-10,14,18H,3,6-8,11-13H2,1-2H3. The van der Waals surface area contributed by atoms with E-state index in [0.717, 1.165) is 32.7 Å². The lowest BCUT2D eigenvalue weighted by Crippen LogP contribution is -2.13. The zero-order valence-corrected chi connectivity index (χ0v) is 12.7. The molecule has 20 heavy (non-hydrogen) atoms. The van der Waals surface area contributed by atoms with E-state index in [-0.39, 0.29) is 0 Å². The number of aryl methyl sites for hydroxylation is 1. The van der Waals surface area contributed by atoms with Crippen LogP contribution in [-0.4, -0.2) is 31.4 Å². The Hall–Kier alpha value is -1.32.